The van der Waals surface area contributed by atoms with E-state index in [9.17, 15) is 0 Å². The van der Waals surface area contributed by atoms with Gasteiger partial charge in [-0.25, -0.2) is 0 Å². The van der Waals surface area contributed by atoms with Crippen LogP contribution in [0, 0.1) is 0 Å². The summed E-state index contributed by atoms with van der Waals surface area (Å²) >= 11 is 0. The maximum absolute atomic E-state index is 3.47. The lowest BCUT2D eigenvalue weighted by Crippen LogP contribution is -2.47. The molecule has 130 valence electrons. The lowest BCUT2D eigenvalue weighted by molar-refractivity contribution is 0.132. The van der Waals surface area contributed by atoms with Gasteiger partial charge in [0.05, 0.1) is 0 Å². The van der Waals surface area contributed by atoms with Crippen LogP contribution in [0.3, 0.4) is 0 Å². The molecule has 1 aromatic carbocycles. The van der Waals surface area contributed by atoms with E-state index in [1.54, 1.807) is 0 Å². The highest BCUT2D eigenvalue weighted by Crippen LogP contribution is 2.23. The van der Waals surface area contributed by atoms with Crippen molar-refractivity contribution in [2.75, 3.05) is 45.8 Å². The third kappa shape index (κ3) is 5.59. The number of nitrogens with one attached hydrogen (secondary N) is 1. The van der Waals surface area contributed by atoms with Crippen LogP contribution in [0.4, 0.5) is 0 Å². The maximum atomic E-state index is 3.47. The minimum Gasteiger partial charge on any atom is -0.314 e. The van der Waals surface area contributed by atoms with Crippen LogP contribution in [0.5, 0.6) is 0 Å². The van der Waals surface area contributed by atoms with Gasteiger partial charge in [-0.1, -0.05) is 51.5 Å². The lowest BCUT2D eigenvalue weighted by atomic mass is 10.0. The van der Waals surface area contributed by atoms with E-state index in [1.165, 1.54) is 43.6 Å². The second-order valence-corrected chi connectivity index (χ2v) is 6.64. The number of likely N-dealkylation sites (N-methyl/N-ethyl adjacent to an activating group) is 1. The number of benzene rings is 1. The van der Waals surface area contributed by atoms with Crippen LogP contribution >= 0.6 is 0 Å². The lowest BCUT2D eigenvalue weighted by Gasteiger charge is -2.37. The van der Waals surface area contributed by atoms with Crippen molar-refractivity contribution in [1.82, 2.24) is 15.1 Å². The Kier molecular flexibility index (Phi) is 8.07. The molecule has 1 aliphatic rings. The summed E-state index contributed by atoms with van der Waals surface area (Å²) < 4.78 is 0. The van der Waals surface area contributed by atoms with Gasteiger partial charge in [0, 0.05) is 38.8 Å². The molecule has 1 aliphatic heterocycles. The van der Waals surface area contributed by atoms with Crippen molar-refractivity contribution < 1.29 is 0 Å². The fourth-order valence-electron chi connectivity index (χ4n) is 3.44. The molecule has 0 spiro atoms. The van der Waals surface area contributed by atoms with Crippen molar-refractivity contribution in [2.45, 2.75) is 46.1 Å². The van der Waals surface area contributed by atoms with Crippen LogP contribution < -0.4 is 5.32 Å². The summed E-state index contributed by atoms with van der Waals surface area (Å²) in [6.07, 6.45) is 3.68. The van der Waals surface area contributed by atoms with Crippen LogP contribution in [0.2, 0.25) is 0 Å². The minimum absolute atomic E-state index is 0.524. The summed E-state index contributed by atoms with van der Waals surface area (Å²) in [5.41, 5.74) is 2.92. The average Bonchev–Trinajstić information content (AvgIpc) is 2.62. The number of unbranched alkanes of at least 4 members (excludes halogenated alkanes) is 1. The molecule has 0 saturated carbocycles. The zero-order valence-electron chi connectivity index (χ0n) is 15.4. The molecule has 1 N–H and O–H groups in total. The number of piperazine rings is 1. The van der Waals surface area contributed by atoms with E-state index < -0.39 is 0 Å². The van der Waals surface area contributed by atoms with Crippen molar-refractivity contribution in [3.63, 3.8) is 0 Å². The highest BCUT2D eigenvalue weighted by molar-refractivity contribution is 5.25. The average molecular weight is 318 g/mol. The fraction of sp³-hybridized carbons (Fsp3) is 0.700. The molecular weight excluding hydrogens is 282 g/mol. The van der Waals surface area contributed by atoms with Crippen molar-refractivity contribution in [2.24, 2.45) is 0 Å². The SMILES string of the molecule is CCCCN(CC)C(CN1CCNCC1)c1ccc(CC)cc1. The first-order valence-electron chi connectivity index (χ1n) is 9.54. The van der Waals surface area contributed by atoms with E-state index in [1.807, 2.05) is 0 Å². The van der Waals surface area contributed by atoms with Crippen LogP contribution in [-0.2, 0) is 6.42 Å². The Labute approximate surface area is 143 Å². The highest BCUT2D eigenvalue weighted by Gasteiger charge is 2.22. The Morgan fingerprint density at radius 2 is 1.78 bits per heavy atom. The van der Waals surface area contributed by atoms with Crippen LogP contribution in [0.1, 0.15) is 50.8 Å². The van der Waals surface area contributed by atoms with Gasteiger partial charge in [0.2, 0.25) is 0 Å². The molecular formula is C20H35N3. The summed E-state index contributed by atoms with van der Waals surface area (Å²) in [5.74, 6) is 0. The van der Waals surface area contributed by atoms with E-state index in [0.29, 0.717) is 6.04 Å². The highest BCUT2D eigenvalue weighted by atomic mass is 15.2. The Morgan fingerprint density at radius 1 is 1.09 bits per heavy atom. The molecule has 0 radical (unpaired) electrons. The molecule has 0 bridgehead atoms. The van der Waals surface area contributed by atoms with Gasteiger partial charge < -0.3 is 5.32 Å². The molecule has 3 heteroatoms. The largest absolute Gasteiger partial charge is 0.314 e. The molecule has 1 saturated heterocycles. The second kappa shape index (κ2) is 10.1. The van der Waals surface area contributed by atoms with E-state index in [2.05, 4.69) is 60.2 Å². The number of rotatable bonds is 9. The van der Waals surface area contributed by atoms with Gasteiger partial charge in [0.15, 0.2) is 0 Å². The summed E-state index contributed by atoms with van der Waals surface area (Å²) in [6.45, 7) is 14.9. The summed E-state index contributed by atoms with van der Waals surface area (Å²) in [5, 5.41) is 3.47. The van der Waals surface area contributed by atoms with Crippen molar-refractivity contribution in [3.8, 4) is 0 Å². The minimum atomic E-state index is 0.524. The summed E-state index contributed by atoms with van der Waals surface area (Å²) in [4.78, 5) is 5.30. The molecule has 1 heterocycles. The first-order valence-corrected chi connectivity index (χ1v) is 9.54. The predicted octanol–water partition coefficient (Wildman–Crippen LogP) is 3.32. The van der Waals surface area contributed by atoms with Gasteiger partial charge in [0.25, 0.3) is 0 Å². The number of nitrogens with zero attached hydrogens (tertiary/aromatic N) is 2. The van der Waals surface area contributed by atoms with Crippen molar-refractivity contribution >= 4 is 0 Å². The van der Waals surface area contributed by atoms with Crippen LogP contribution in [0.25, 0.3) is 0 Å². The standard InChI is InChI=1S/C20H35N3/c1-4-7-14-23(6-3)20(17-22-15-12-21-13-16-22)19-10-8-18(5-2)9-11-19/h8-11,20-21H,4-7,12-17H2,1-3H3. The topological polar surface area (TPSA) is 18.5 Å². The molecule has 23 heavy (non-hydrogen) atoms. The molecule has 2 rings (SSSR count). The normalized spacial score (nSPS) is 17.6. The quantitative estimate of drug-likeness (QED) is 0.754. The molecule has 3 nitrogen and oxygen atoms in total. The molecule has 0 aliphatic carbocycles. The number of aryl methyl sites for hydroxylation is 1. The number of hydrogen-bond donors (Lipinski definition) is 1. The predicted molar refractivity (Wildman–Crippen MR) is 100 cm³/mol. The smallest absolute Gasteiger partial charge is 0.0475 e. The Balaban J connectivity index is 2.13. The Morgan fingerprint density at radius 3 is 2.35 bits per heavy atom. The van der Waals surface area contributed by atoms with E-state index >= 15 is 0 Å². The molecule has 1 fully saturated rings. The van der Waals surface area contributed by atoms with E-state index in [-0.39, 0.29) is 0 Å². The van der Waals surface area contributed by atoms with Gasteiger partial charge in [-0.05, 0) is 37.1 Å². The molecule has 1 atom stereocenters. The van der Waals surface area contributed by atoms with Gasteiger partial charge in [0.1, 0.15) is 0 Å². The molecule has 1 aromatic rings. The van der Waals surface area contributed by atoms with Gasteiger partial charge >= 0.3 is 0 Å². The third-order valence-corrected chi connectivity index (χ3v) is 5.06. The Bertz CT molecular complexity index is 423. The maximum Gasteiger partial charge on any atom is 0.0475 e. The molecule has 1 unspecified atom stereocenters. The van der Waals surface area contributed by atoms with E-state index in [4.69, 9.17) is 0 Å². The van der Waals surface area contributed by atoms with Crippen molar-refractivity contribution in [1.29, 1.82) is 0 Å². The molecule has 0 aromatic heterocycles. The zero-order valence-corrected chi connectivity index (χ0v) is 15.4. The van der Waals surface area contributed by atoms with Crippen LogP contribution in [-0.4, -0.2) is 55.6 Å². The summed E-state index contributed by atoms with van der Waals surface area (Å²) in [7, 11) is 0. The fourth-order valence-corrected chi connectivity index (χ4v) is 3.44. The Hall–Kier alpha value is -0.900. The molecule has 0 amide bonds. The first-order chi connectivity index (χ1) is 11.3. The van der Waals surface area contributed by atoms with Crippen molar-refractivity contribution in [3.05, 3.63) is 35.4 Å². The van der Waals surface area contributed by atoms with Gasteiger partial charge in [-0.3, -0.25) is 9.80 Å². The van der Waals surface area contributed by atoms with Crippen LogP contribution in [0.15, 0.2) is 24.3 Å². The van der Waals surface area contributed by atoms with E-state index in [0.717, 1.165) is 32.6 Å². The van der Waals surface area contributed by atoms with Gasteiger partial charge in [-0.2, -0.15) is 0 Å². The number of hydrogen-bond acceptors (Lipinski definition) is 3. The zero-order chi connectivity index (χ0) is 16.5. The first kappa shape index (κ1) is 18.4. The monoisotopic (exact) mass is 317 g/mol. The second-order valence-electron chi connectivity index (χ2n) is 6.64. The third-order valence-electron chi connectivity index (χ3n) is 5.06. The summed E-state index contributed by atoms with van der Waals surface area (Å²) in [6, 6.07) is 9.87. The van der Waals surface area contributed by atoms with Gasteiger partial charge in [-0.15, -0.1) is 0 Å².